The van der Waals surface area contributed by atoms with E-state index in [-0.39, 0.29) is 0 Å². The van der Waals surface area contributed by atoms with E-state index in [4.69, 9.17) is 4.74 Å². The molecule has 0 saturated heterocycles. The first-order valence-corrected chi connectivity index (χ1v) is 6.16. The number of nitrogens with zero attached hydrogens (tertiary/aromatic N) is 1. The summed E-state index contributed by atoms with van der Waals surface area (Å²) in [6, 6.07) is 8.98. The Balaban J connectivity index is 1.71. The summed E-state index contributed by atoms with van der Waals surface area (Å²) in [4.78, 5) is 15.5. The van der Waals surface area contributed by atoms with Crippen LogP contribution in [0.4, 0.5) is 4.79 Å². The normalized spacial score (nSPS) is 9.88. The van der Waals surface area contributed by atoms with Crippen molar-refractivity contribution in [3.05, 3.63) is 46.9 Å². The van der Waals surface area contributed by atoms with E-state index in [1.807, 2.05) is 23.6 Å². The maximum Gasteiger partial charge on any atom is 0.412 e. The highest BCUT2D eigenvalue weighted by molar-refractivity contribution is 7.07. The maximum atomic E-state index is 11.4. The number of rotatable bonds is 4. The highest BCUT2D eigenvalue weighted by Crippen LogP contribution is 2.08. The number of ether oxygens (including phenoxy) is 1. The Morgan fingerprint density at radius 3 is 2.88 bits per heavy atom. The minimum Gasteiger partial charge on any atom is -0.410 e. The third-order valence-electron chi connectivity index (χ3n) is 2.09. The molecule has 1 aromatic heterocycles. The number of para-hydroxylation sites is 1. The molecule has 0 bridgehead atoms. The first kappa shape index (κ1) is 11.6. The molecular formula is C12H12N2O2S. The van der Waals surface area contributed by atoms with E-state index in [9.17, 15) is 4.79 Å². The van der Waals surface area contributed by atoms with Gasteiger partial charge in [0.25, 0.3) is 0 Å². The van der Waals surface area contributed by atoms with Gasteiger partial charge in [0.2, 0.25) is 0 Å². The highest BCUT2D eigenvalue weighted by atomic mass is 32.1. The van der Waals surface area contributed by atoms with E-state index in [2.05, 4.69) is 10.3 Å². The summed E-state index contributed by atoms with van der Waals surface area (Å²) in [5.41, 5.74) is 2.76. The number of thiazole rings is 1. The van der Waals surface area contributed by atoms with Gasteiger partial charge in [0.15, 0.2) is 0 Å². The summed E-state index contributed by atoms with van der Waals surface area (Å²) in [7, 11) is 0. The predicted octanol–water partition coefficient (Wildman–Crippen LogP) is 2.47. The average Bonchev–Trinajstić information content (AvgIpc) is 2.83. The van der Waals surface area contributed by atoms with Gasteiger partial charge in [-0.05, 0) is 12.1 Å². The van der Waals surface area contributed by atoms with Gasteiger partial charge in [-0.1, -0.05) is 18.2 Å². The molecule has 0 radical (unpaired) electrons. The molecule has 0 saturated carbocycles. The van der Waals surface area contributed by atoms with Crippen molar-refractivity contribution >= 4 is 17.4 Å². The Hall–Kier alpha value is -1.88. The number of benzene rings is 1. The SMILES string of the molecule is O=C(NCCc1cscn1)Oc1ccccc1. The molecule has 0 unspecified atom stereocenters. The zero-order valence-corrected chi connectivity index (χ0v) is 9.94. The summed E-state index contributed by atoms with van der Waals surface area (Å²) < 4.78 is 5.07. The number of carbonyl (C=O) groups excluding carboxylic acids is 1. The van der Waals surface area contributed by atoms with E-state index in [0.717, 1.165) is 5.69 Å². The second kappa shape index (κ2) is 6.00. The van der Waals surface area contributed by atoms with Gasteiger partial charge < -0.3 is 10.1 Å². The lowest BCUT2D eigenvalue weighted by Crippen LogP contribution is -2.28. The van der Waals surface area contributed by atoms with Crippen molar-refractivity contribution in [2.24, 2.45) is 0 Å². The lowest BCUT2D eigenvalue weighted by molar-refractivity contribution is 0.200. The zero-order chi connectivity index (χ0) is 11.9. The van der Waals surface area contributed by atoms with E-state index < -0.39 is 6.09 Å². The molecule has 1 aromatic carbocycles. The van der Waals surface area contributed by atoms with Crippen molar-refractivity contribution < 1.29 is 9.53 Å². The molecule has 1 heterocycles. The molecule has 2 rings (SSSR count). The number of carbonyl (C=O) groups is 1. The van der Waals surface area contributed by atoms with Gasteiger partial charge in [-0.3, -0.25) is 0 Å². The van der Waals surface area contributed by atoms with Crippen LogP contribution < -0.4 is 10.1 Å². The van der Waals surface area contributed by atoms with E-state index >= 15 is 0 Å². The molecule has 0 aliphatic carbocycles. The van der Waals surface area contributed by atoms with Crippen LogP contribution in [0.15, 0.2) is 41.2 Å². The van der Waals surface area contributed by atoms with E-state index in [1.165, 1.54) is 0 Å². The Bertz CT molecular complexity index is 457. The highest BCUT2D eigenvalue weighted by Gasteiger charge is 2.03. The molecule has 0 spiro atoms. The smallest absolute Gasteiger partial charge is 0.410 e. The summed E-state index contributed by atoms with van der Waals surface area (Å²) in [6.07, 6.45) is 0.277. The largest absolute Gasteiger partial charge is 0.412 e. The molecule has 88 valence electrons. The molecule has 5 heteroatoms. The monoisotopic (exact) mass is 248 g/mol. The summed E-state index contributed by atoms with van der Waals surface area (Å²) >= 11 is 1.55. The molecule has 2 aromatic rings. The van der Waals surface area contributed by atoms with Crippen LogP contribution in [-0.4, -0.2) is 17.6 Å². The summed E-state index contributed by atoms with van der Waals surface area (Å²) in [5, 5.41) is 4.64. The van der Waals surface area contributed by atoms with Crippen molar-refractivity contribution in [1.82, 2.24) is 10.3 Å². The van der Waals surface area contributed by atoms with Crippen LogP contribution in [0.3, 0.4) is 0 Å². The molecule has 0 fully saturated rings. The molecule has 0 aliphatic heterocycles. The van der Waals surface area contributed by atoms with Crippen LogP contribution in [0.5, 0.6) is 5.75 Å². The summed E-state index contributed by atoms with van der Waals surface area (Å²) in [6.45, 7) is 0.523. The molecular weight excluding hydrogens is 236 g/mol. The molecule has 1 amide bonds. The van der Waals surface area contributed by atoms with Crippen LogP contribution in [0, 0.1) is 0 Å². The minimum atomic E-state index is -0.438. The lowest BCUT2D eigenvalue weighted by Gasteiger charge is -2.05. The average molecular weight is 248 g/mol. The third-order valence-corrected chi connectivity index (χ3v) is 2.72. The first-order valence-electron chi connectivity index (χ1n) is 5.22. The van der Waals surface area contributed by atoms with Gasteiger partial charge in [0, 0.05) is 18.3 Å². The van der Waals surface area contributed by atoms with Gasteiger partial charge in [-0.2, -0.15) is 0 Å². The number of nitrogens with one attached hydrogen (secondary N) is 1. The topological polar surface area (TPSA) is 51.2 Å². The number of aromatic nitrogens is 1. The summed E-state index contributed by atoms with van der Waals surface area (Å²) in [5.74, 6) is 0.540. The third kappa shape index (κ3) is 3.88. The standard InChI is InChI=1S/C12H12N2O2S/c15-12(16-11-4-2-1-3-5-11)13-7-6-10-8-17-9-14-10/h1-5,8-9H,6-7H2,(H,13,15). The van der Waals surface area contributed by atoms with Crippen molar-refractivity contribution in [3.63, 3.8) is 0 Å². The van der Waals surface area contributed by atoms with Crippen LogP contribution in [0.1, 0.15) is 5.69 Å². The maximum absolute atomic E-state index is 11.4. The van der Waals surface area contributed by atoms with E-state index in [1.54, 1.807) is 29.0 Å². The predicted molar refractivity (Wildman–Crippen MR) is 66.3 cm³/mol. The van der Waals surface area contributed by atoms with Gasteiger partial charge in [-0.15, -0.1) is 11.3 Å². The van der Waals surface area contributed by atoms with Gasteiger partial charge in [0.1, 0.15) is 5.75 Å². The van der Waals surface area contributed by atoms with Crippen LogP contribution >= 0.6 is 11.3 Å². The Morgan fingerprint density at radius 2 is 2.18 bits per heavy atom. The number of amides is 1. The lowest BCUT2D eigenvalue weighted by atomic mass is 10.3. The molecule has 0 atom stereocenters. The molecule has 1 N–H and O–H groups in total. The van der Waals surface area contributed by atoms with Crippen LogP contribution in [0.2, 0.25) is 0 Å². The van der Waals surface area contributed by atoms with Gasteiger partial charge in [0.05, 0.1) is 11.2 Å². The second-order valence-corrected chi connectivity index (χ2v) is 4.08. The number of hydrogen-bond acceptors (Lipinski definition) is 4. The van der Waals surface area contributed by atoms with E-state index in [0.29, 0.717) is 18.7 Å². The van der Waals surface area contributed by atoms with Crippen LogP contribution in [-0.2, 0) is 6.42 Å². The van der Waals surface area contributed by atoms with Crippen molar-refractivity contribution in [3.8, 4) is 5.75 Å². The second-order valence-electron chi connectivity index (χ2n) is 3.36. The van der Waals surface area contributed by atoms with Crippen molar-refractivity contribution in [1.29, 1.82) is 0 Å². The fraction of sp³-hybridized carbons (Fsp3) is 0.167. The van der Waals surface area contributed by atoms with Crippen LogP contribution in [0.25, 0.3) is 0 Å². The molecule has 17 heavy (non-hydrogen) atoms. The van der Waals surface area contributed by atoms with Gasteiger partial charge >= 0.3 is 6.09 Å². The van der Waals surface area contributed by atoms with Gasteiger partial charge in [-0.25, -0.2) is 9.78 Å². The number of hydrogen-bond donors (Lipinski definition) is 1. The first-order chi connectivity index (χ1) is 8.34. The Labute approximate surface area is 103 Å². The van der Waals surface area contributed by atoms with Crippen molar-refractivity contribution in [2.75, 3.05) is 6.54 Å². The Kier molecular flexibility index (Phi) is 4.10. The minimum absolute atomic E-state index is 0.438. The van der Waals surface area contributed by atoms with Crippen molar-refractivity contribution in [2.45, 2.75) is 6.42 Å². The fourth-order valence-electron chi connectivity index (χ4n) is 1.29. The fourth-order valence-corrected chi connectivity index (χ4v) is 1.88. The Morgan fingerprint density at radius 1 is 1.35 bits per heavy atom. The molecule has 4 nitrogen and oxygen atoms in total. The molecule has 0 aliphatic rings. The zero-order valence-electron chi connectivity index (χ0n) is 9.13. The quantitative estimate of drug-likeness (QED) is 0.904.